The Morgan fingerprint density at radius 1 is 1.26 bits per heavy atom. The number of halogens is 2. The summed E-state index contributed by atoms with van der Waals surface area (Å²) >= 11 is 11.7. The third-order valence-corrected chi connectivity index (χ3v) is 5.01. The molecule has 0 aliphatic heterocycles. The molecule has 0 unspecified atom stereocenters. The molecule has 3 N–H and O–H groups in total. The van der Waals surface area contributed by atoms with Crippen LogP contribution in [0.2, 0.25) is 10.0 Å². The summed E-state index contributed by atoms with van der Waals surface area (Å²) in [5.41, 5.74) is 5.72. The monoisotopic (exact) mass is 326 g/mol. The zero-order valence-electron chi connectivity index (χ0n) is 10.4. The molecule has 0 fully saturated rings. The molecule has 0 heterocycles. The molecule has 0 saturated heterocycles. The first-order valence-electron chi connectivity index (χ1n) is 5.70. The summed E-state index contributed by atoms with van der Waals surface area (Å²) in [6.45, 7) is 1.93. The van der Waals surface area contributed by atoms with Crippen LogP contribution in [-0.2, 0) is 10.0 Å². The Balaban J connectivity index is 3.25. The van der Waals surface area contributed by atoms with Crippen molar-refractivity contribution < 1.29 is 13.5 Å². The Bertz CT molecular complexity index is 520. The Kier molecular flexibility index (Phi) is 5.88. The van der Waals surface area contributed by atoms with E-state index in [1.807, 2.05) is 6.92 Å². The maximum Gasteiger partial charge on any atom is 0.243 e. The Morgan fingerprint density at radius 2 is 1.79 bits per heavy atom. The number of nitrogens with two attached hydrogens (primary N) is 1. The van der Waals surface area contributed by atoms with Crippen LogP contribution in [0.15, 0.2) is 17.0 Å². The third kappa shape index (κ3) is 3.73. The van der Waals surface area contributed by atoms with Crippen molar-refractivity contribution in [3.05, 3.63) is 22.2 Å². The van der Waals surface area contributed by atoms with Gasteiger partial charge in [-0.25, -0.2) is 8.42 Å². The summed E-state index contributed by atoms with van der Waals surface area (Å²) in [6.07, 6.45) is 0.635. The molecular formula is C11H16Cl2N2O3S. The summed E-state index contributed by atoms with van der Waals surface area (Å²) in [5.74, 6) is 0. The van der Waals surface area contributed by atoms with Crippen molar-refractivity contribution in [2.24, 2.45) is 0 Å². The quantitative estimate of drug-likeness (QED) is 0.783. The molecule has 0 amide bonds. The molecule has 0 spiro atoms. The van der Waals surface area contributed by atoms with Gasteiger partial charge in [-0.3, -0.25) is 0 Å². The molecule has 8 heteroatoms. The lowest BCUT2D eigenvalue weighted by Gasteiger charge is -2.21. The van der Waals surface area contributed by atoms with Crippen molar-refractivity contribution in [2.75, 3.05) is 25.4 Å². The van der Waals surface area contributed by atoms with E-state index < -0.39 is 10.0 Å². The van der Waals surface area contributed by atoms with Crippen LogP contribution in [0, 0.1) is 0 Å². The van der Waals surface area contributed by atoms with E-state index >= 15 is 0 Å². The van der Waals surface area contributed by atoms with Gasteiger partial charge in [-0.1, -0.05) is 30.1 Å². The van der Waals surface area contributed by atoms with Gasteiger partial charge in [0.15, 0.2) is 0 Å². The fraction of sp³-hybridized carbons (Fsp3) is 0.455. The second kappa shape index (κ2) is 6.76. The summed E-state index contributed by atoms with van der Waals surface area (Å²) < 4.78 is 26.0. The van der Waals surface area contributed by atoms with Crippen LogP contribution in [0.4, 0.5) is 5.69 Å². The number of hydrogen-bond acceptors (Lipinski definition) is 4. The first kappa shape index (κ1) is 16.5. The Labute approximate surface area is 123 Å². The highest BCUT2D eigenvalue weighted by Crippen LogP contribution is 2.31. The second-order valence-electron chi connectivity index (χ2n) is 3.93. The highest BCUT2D eigenvalue weighted by Gasteiger charge is 2.24. The van der Waals surface area contributed by atoms with Gasteiger partial charge in [0.2, 0.25) is 10.0 Å². The van der Waals surface area contributed by atoms with E-state index in [4.69, 9.17) is 34.0 Å². The lowest BCUT2D eigenvalue weighted by Crippen LogP contribution is -2.34. The number of benzene rings is 1. The van der Waals surface area contributed by atoms with Gasteiger partial charge >= 0.3 is 0 Å². The first-order chi connectivity index (χ1) is 8.84. The molecule has 0 atom stereocenters. The average Bonchev–Trinajstić information content (AvgIpc) is 2.35. The molecule has 0 radical (unpaired) electrons. The van der Waals surface area contributed by atoms with Gasteiger partial charge in [-0.2, -0.15) is 4.31 Å². The molecule has 0 aromatic heterocycles. The lowest BCUT2D eigenvalue weighted by molar-refractivity contribution is 0.253. The lowest BCUT2D eigenvalue weighted by atomic mass is 10.3. The van der Waals surface area contributed by atoms with Crippen molar-refractivity contribution in [1.82, 2.24) is 4.31 Å². The Morgan fingerprint density at radius 3 is 2.21 bits per heavy atom. The zero-order valence-corrected chi connectivity index (χ0v) is 12.8. The molecule has 5 nitrogen and oxygen atoms in total. The zero-order chi connectivity index (χ0) is 14.6. The van der Waals surface area contributed by atoms with Crippen LogP contribution in [0.1, 0.15) is 13.3 Å². The molecule has 1 aromatic rings. The van der Waals surface area contributed by atoms with Crippen molar-refractivity contribution in [2.45, 2.75) is 18.2 Å². The van der Waals surface area contributed by atoms with Crippen LogP contribution in [-0.4, -0.2) is 37.5 Å². The van der Waals surface area contributed by atoms with Crippen molar-refractivity contribution in [3.8, 4) is 0 Å². The van der Waals surface area contributed by atoms with E-state index in [2.05, 4.69) is 0 Å². The van der Waals surface area contributed by atoms with Crippen LogP contribution in [0.5, 0.6) is 0 Å². The predicted molar refractivity (Wildman–Crippen MR) is 77.0 cm³/mol. The fourth-order valence-corrected chi connectivity index (χ4v) is 3.77. The van der Waals surface area contributed by atoms with E-state index in [9.17, 15) is 8.42 Å². The van der Waals surface area contributed by atoms with Gasteiger partial charge in [0.25, 0.3) is 0 Å². The molecule has 0 aliphatic rings. The second-order valence-corrected chi connectivity index (χ2v) is 6.68. The minimum absolute atomic E-state index is 0.0236. The van der Waals surface area contributed by atoms with Gasteiger partial charge in [0.05, 0.1) is 27.2 Å². The van der Waals surface area contributed by atoms with Crippen molar-refractivity contribution >= 4 is 38.9 Å². The molecule has 108 valence electrons. The van der Waals surface area contributed by atoms with E-state index in [1.165, 1.54) is 16.4 Å². The molecule has 19 heavy (non-hydrogen) atoms. The van der Waals surface area contributed by atoms with E-state index in [0.717, 1.165) is 0 Å². The van der Waals surface area contributed by atoms with Crippen LogP contribution in [0.3, 0.4) is 0 Å². The maximum atomic E-state index is 12.4. The number of sulfonamides is 1. The number of nitrogen functional groups attached to an aromatic ring is 1. The number of nitrogens with zero attached hydrogens (tertiary/aromatic N) is 1. The summed E-state index contributed by atoms with van der Waals surface area (Å²) in [7, 11) is -3.74. The van der Waals surface area contributed by atoms with Crippen LogP contribution in [0.25, 0.3) is 0 Å². The molecule has 0 saturated carbocycles. The molecule has 0 aliphatic carbocycles. The summed E-state index contributed by atoms with van der Waals surface area (Å²) in [4.78, 5) is -0.0291. The van der Waals surface area contributed by atoms with Crippen LogP contribution < -0.4 is 5.73 Å². The van der Waals surface area contributed by atoms with Gasteiger partial charge < -0.3 is 10.8 Å². The predicted octanol–water partition coefficient (Wildman–Crippen LogP) is 1.97. The standard InChI is InChI=1S/C11H16Cl2N2O3S/c1-2-3-15(4-5-16)19(17,18)8-6-9(12)11(14)10(13)7-8/h6-7,16H,2-5,14H2,1H3. The van der Waals surface area contributed by atoms with Gasteiger partial charge in [-0.05, 0) is 18.6 Å². The van der Waals surface area contributed by atoms with Gasteiger partial charge in [0, 0.05) is 13.1 Å². The topological polar surface area (TPSA) is 83.6 Å². The van der Waals surface area contributed by atoms with Crippen LogP contribution >= 0.6 is 23.2 Å². The average molecular weight is 327 g/mol. The SMILES string of the molecule is CCCN(CCO)S(=O)(=O)c1cc(Cl)c(N)c(Cl)c1. The highest BCUT2D eigenvalue weighted by molar-refractivity contribution is 7.89. The van der Waals surface area contributed by atoms with E-state index in [0.29, 0.717) is 13.0 Å². The highest BCUT2D eigenvalue weighted by atomic mass is 35.5. The molecule has 0 bridgehead atoms. The summed E-state index contributed by atoms with van der Waals surface area (Å²) in [6, 6.07) is 2.52. The minimum atomic E-state index is -3.74. The molecule has 1 rings (SSSR count). The largest absolute Gasteiger partial charge is 0.396 e. The van der Waals surface area contributed by atoms with Crippen molar-refractivity contribution in [3.63, 3.8) is 0 Å². The fourth-order valence-electron chi connectivity index (χ4n) is 1.57. The van der Waals surface area contributed by atoms with Gasteiger partial charge in [-0.15, -0.1) is 0 Å². The first-order valence-corrected chi connectivity index (χ1v) is 7.89. The smallest absolute Gasteiger partial charge is 0.243 e. The van der Waals surface area contributed by atoms with Gasteiger partial charge in [0.1, 0.15) is 0 Å². The Hall–Kier alpha value is -0.530. The van der Waals surface area contributed by atoms with E-state index in [1.54, 1.807) is 0 Å². The number of aliphatic hydroxyl groups excluding tert-OH is 1. The maximum absolute atomic E-state index is 12.4. The number of rotatable bonds is 6. The minimum Gasteiger partial charge on any atom is -0.396 e. The number of anilines is 1. The molecule has 1 aromatic carbocycles. The number of aliphatic hydroxyl groups is 1. The van der Waals surface area contributed by atoms with E-state index in [-0.39, 0.29) is 33.8 Å². The number of hydrogen-bond donors (Lipinski definition) is 2. The van der Waals surface area contributed by atoms with Crippen molar-refractivity contribution in [1.29, 1.82) is 0 Å². The summed E-state index contributed by atoms with van der Waals surface area (Å²) in [5, 5.41) is 9.13. The normalized spacial score (nSPS) is 12.1. The molecular weight excluding hydrogens is 311 g/mol. The third-order valence-electron chi connectivity index (χ3n) is 2.51.